The van der Waals surface area contributed by atoms with Crippen LogP contribution in [0.4, 0.5) is 11.6 Å². The zero-order valence-electron chi connectivity index (χ0n) is 14.8. The Hall–Kier alpha value is -3.02. The second kappa shape index (κ2) is 6.71. The van der Waals surface area contributed by atoms with Crippen molar-refractivity contribution in [3.8, 4) is 11.4 Å². The number of piperidine rings is 1. The Morgan fingerprint density at radius 2 is 1.88 bits per heavy atom. The molecule has 1 aliphatic heterocycles. The number of hydrogen-bond donors (Lipinski definition) is 1. The van der Waals surface area contributed by atoms with Crippen molar-refractivity contribution in [3.63, 3.8) is 0 Å². The molecule has 1 fully saturated rings. The van der Waals surface area contributed by atoms with Crippen LogP contribution in [0.15, 0.2) is 36.5 Å². The van der Waals surface area contributed by atoms with Gasteiger partial charge in [0.1, 0.15) is 22.9 Å². The number of carbonyl (C=O) groups is 1. The molecule has 0 aliphatic carbocycles. The van der Waals surface area contributed by atoms with Crippen molar-refractivity contribution in [1.82, 2.24) is 15.0 Å². The van der Waals surface area contributed by atoms with E-state index < -0.39 is 0 Å². The van der Waals surface area contributed by atoms with E-state index in [9.17, 15) is 4.79 Å². The van der Waals surface area contributed by atoms with E-state index in [0.29, 0.717) is 5.69 Å². The third-order valence-electron chi connectivity index (χ3n) is 4.78. The number of pyridine rings is 1. The maximum absolute atomic E-state index is 11.8. The van der Waals surface area contributed by atoms with Crippen LogP contribution in [0.1, 0.15) is 36.7 Å². The summed E-state index contributed by atoms with van der Waals surface area (Å²) < 4.78 is 0. The second-order valence-electron chi connectivity index (χ2n) is 6.64. The Bertz CT molecular complexity index is 979. The van der Waals surface area contributed by atoms with Crippen molar-refractivity contribution in [1.29, 1.82) is 0 Å². The Balaban J connectivity index is 1.90. The molecule has 4 rings (SSSR count). The molecule has 6 nitrogen and oxygen atoms in total. The lowest BCUT2D eigenvalue weighted by Crippen LogP contribution is -2.30. The summed E-state index contributed by atoms with van der Waals surface area (Å²) in [5.74, 6) is 0.896. The second-order valence-corrected chi connectivity index (χ2v) is 6.64. The van der Waals surface area contributed by atoms with E-state index in [0.717, 1.165) is 35.4 Å². The molecule has 0 amide bonds. The van der Waals surface area contributed by atoms with Gasteiger partial charge in [0.25, 0.3) is 0 Å². The molecule has 3 aromatic rings. The van der Waals surface area contributed by atoms with Crippen molar-refractivity contribution in [2.75, 3.05) is 23.7 Å². The summed E-state index contributed by atoms with van der Waals surface area (Å²) in [6.07, 6.45) is 5.22. The average molecular weight is 347 g/mol. The van der Waals surface area contributed by atoms with E-state index in [-0.39, 0.29) is 17.3 Å². The fourth-order valence-electron chi connectivity index (χ4n) is 3.44. The van der Waals surface area contributed by atoms with Gasteiger partial charge in [0.15, 0.2) is 11.6 Å². The molecule has 0 radical (unpaired) electrons. The number of fused-ring (bicyclic) bond motifs is 1. The first-order chi connectivity index (χ1) is 12.6. The van der Waals surface area contributed by atoms with Gasteiger partial charge < -0.3 is 10.6 Å². The van der Waals surface area contributed by atoms with Gasteiger partial charge in [-0.05, 0) is 30.7 Å². The summed E-state index contributed by atoms with van der Waals surface area (Å²) in [7, 11) is 0. The van der Waals surface area contributed by atoms with Gasteiger partial charge in [-0.25, -0.2) is 15.0 Å². The van der Waals surface area contributed by atoms with E-state index in [1.807, 2.05) is 18.2 Å². The predicted octanol–water partition coefficient (Wildman–Crippen LogP) is 3.47. The van der Waals surface area contributed by atoms with E-state index in [1.165, 1.54) is 26.2 Å². The quantitative estimate of drug-likeness (QED) is 0.730. The van der Waals surface area contributed by atoms with Crippen molar-refractivity contribution >= 4 is 28.2 Å². The van der Waals surface area contributed by atoms with Crippen molar-refractivity contribution < 1.29 is 4.79 Å². The summed E-state index contributed by atoms with van der Waals surface area (Å²) >= 11 is 0. The Labute approximate surface area is 152 Å². The highest BCUT2D eigenvalue weighted by Crippen LogP contribution is 2.30. The fourth-order valence-corrected chi connectivity index (χ4v) is 3.44. The predicted molar refractivity (Wildman–Crippen MR) is 103 cm³/mol. The van der Waals surface area contributed by atoms with Crippen molar-refractivity contribution in [3.05, 3.63) is 42.2 Å². The molecular weight excluding hydrogens is 326 g/mol. The lowest BCUT2D eigenvalue weighted by atomic mass is 10.1. The fraction of sp³-hybridized carbons (Fsp3) is 0.300. The van der Waals surface area contributed by atoms with Crippen LogP contribution in [0.25, 0.3) is 22.2 Å². The SMILES string of the molecule is CC(=O)c1nc(-c2nc(N3CCCCC3)cc3ccccc23)cnc1N. The lowest BCUT2D eigenvalue weighted by molar-refractivity contribution is 0.101. The van der Waals surface area contributed by atoms with Crippen LogP contribution in [0.5, 0.6) is 0 Å². The van der Waals surface area contributed by atoms with Gasteiger partial charge in [-0.3, -0.25) is 4.79 Å². The molecule has 1 aliphatic rings. The molecule has 0 bridgehead atoms. The minimum atomic E-state index is -0.201. The number of anilines is 2. The molecule has 0 unspecified atom stereocenters. The van der Waals surface area contributed by atoms with Crippen LogP contribution < -0.4 is 10.6 Å². The number of nitrogen functional groups attached to an aromatic ring is 1. The highest BCUT2D eigenvalue weighted by atomic mass is 16.1. The lowest BCUT2D eigenvalue weighted by Gasteiger charge is -2.28. The first-order valence-electron chi connectivity index (χ1n) is 8.92. The Morgan fingerprint density at radius 1 is 1.12 bits per heavy atom. The van der Waals surface area contributed by atoms with Crippen molar-refractivity contribution in [2.45, 2.75) is 26.2 Å². The summed E-state index contributed by atoms with van der Waals surface area (Å²) in [5, 5.41) is 2.09. The molecular formula is C20H21N5O. The minimum Gasteiger partial charge on any atom is -0.382 e. The first kappa shape index (κ1) is 16.4. The van der Waals surface area contributed by atoms with Gasteiger partial charge in [0, 0.05) is 25.4 Å². The third-order valence-corrected chi connectivity index (χ3v) is 4.78. The highest BCUT2D eigenvalue weighted by Gasteiger charge is 2.18. The molecule has 0 atom stereocenters. The van der Waals surface area contributed by atoms with Crippen molar-refractivity contribution in [2.24, 2.45) is 0 Å². The van der Waals surface area contributed by atoms with Crippen LogP contribution in [0.2, 0.25) is 0 Å². The molecule has 1 aromatic carbocycles. The van der Waals surface area contributed by atoms with Gasteiger partial charge >= 0.3 is 0 Å². The van der Waals surface area contributed by atoms with Gasteiger partial charge in [-0.2, -0.15) is 0 Å². The topological polar surface area (TPSA) is 85.0 Å². The number of rotatable bonds is 3. The molecule has 1 saturated heterocycles. The van der Waals surface area contributed by atoms with Crippen LogP contribution in [0.3, 0.4) is 0 Å². The van der Waals surface area contributed by atoms with Gasteiger partial charge in [0.2, 0.25) is 0 Å². The molecule has 0 spiro atoms. The number of benzene rings is 1. The van der Waals surface area contributed by atoms with Gasteiger partial charge in [0.05, 0.1) is 6.20 Å². The smallest absolute Gasteiger partial charge is 0.181 e. The number of hydrogen-bond acceptors (Lipinski definition) is 6. The summed E-state index contributed by atoms with van der Waals surface area (Å²) in [6.45, 7) is 3.47. The summed E-state index contributed by atoms with van der Waals surface area (Å²) in [4.78, 5) is 27.7. The standard InChI is InChI=1S/C20H21N5O/c1-13(26)18-20(21)22-12-16(23-18)19-15-8-4-3-7-14(15)11-17(24-19)25-9-5-2-6-10-25/h3-4,7-8,11-12H,2,5-6,9-10H2,1H3,(H2,21,22). The van der Waals surface area contributed by atoms with Gasteiger partial charge in [-0.1, -0.05) is 24.3 Å². The number of Topliss-reactive ketones (excluding diaryl/α,β-unsaturated/α-hetero) is 1. The third kappa shape index (κ3) is 2.98. The van der Waals surface area contributed by atoms with Crippen LogP contribution in [0, 0.1) is 0 Å². The number of nitrogens with zero attached hydrogens (tertiary/aromatic N) is 4. The first-order valence-corrected chi connectivity index (χ1v) is 8.92. The van der Waals surface area contributed by atoms with E-state index in [1.54, 1.807) is 6.20 Å². The minimum absolute atomic E-state index is 0.151. The monoisotopic (exact) mass is 347 g/mol. The maximum atomic E-state index is 11.8. The zero-order valence-corrected chi connectivity index (χ0v) is 14.8. The largest absolute Gasteiger partial charge is 0.382 e. The molecule has 6 heteroatoms. The Morgan fingerprint density at radius 3 is 2.65 bits per heavy atom. The Kier molecular flexibility index (Phi) is 4.24. The van der Waals surface area contributed by atoms with E-state index >= 15 is 0 Å². The molecule has 26 heavy (non-hydrogen) atoms. The maximum Gasteiger partial charge on any atom is 0.181 e. The van der Waals surface area contributed by atoms with Crippen LogP contribution in [-0.2, 0) is 0 Å². The van der Waals surface area contributed by atoms with Crippen LogP contribution >= 0.6 is 0 Å². The molecule has 132 valence electrons. The van der Waals surface area contributed by atoms with E-state index in [2.05, 4.69) is 27.0 Å². The summed E-state index contributed by atoms with van der Waals surface area (Å²) in [5.41, 5.74) is 7.30. The van der Waals surface area contributed by atoms with Gasteiger partial charge in [-0.15, -0.1) is 0 Å². The number of ketones is 1. The number of nitrogens with two attached hydrogens (primary N) is 1. The van der Waals surface area contributed by atoms with Crippen LogP contribution in [-0.4, -0.2) is 33.8 Å². The average Bonchev–Trinajstić information content (AvgIpc) is 2.68. The molecule has 3 heterocycles. The zero-order chi connectivity index (χ0) is 18.1. The molecule has 0 saturated carbocycles. The van der Waals surface area contributed by atoms with E-state index in [4.69, 9.17) is 10.7 Å². The number of aromatic nitrogens is 3. The molecule has 2 aromatic heterocycles. The normalized spacial score (nSPS) is 14.6. The molecule has 2 N–H and O–H groups in total. The highest BCUT2D eigenvalue weighted by molar-refractivity contribution is 5.98. The number of carbonyl (C=O) groups excluding carboxylic acids is 1. The summed E-state index contributed by atoms with van der Waals surface area (Å²) in [6, 6.07) is 10.2.